The molecule has 1 aromatic carbocycles. The van der Waals surface area contributed by atoms with Crippen molar-refractivity contribution in [1.82, 2.24) is 5.32 Å². The summed E-state index contributed by atoms with van der Waals surface area (Å²) in [6, 6.07) is 6.42. The molecule has 2 rings (SSSR count). The number of anilines is 1. The summed E-state index contributed by atoms with van der Waals surface area (Å²) in [5.74, 6) is 0.698. The van der Waals surface area contributed by atoms with Crippen molar-refractivity contribution in [2.24, 2.45) is 5.92 Å². The van der Waals surface area contributed by atoms with Crippen LogP contribution in [0.1, 0.15) is 42.1 Å². The van der Waals surface area contributed by atoms with E-state index in [0.717, 1.165) is 16.8 Å². The number of amides is 1. The fourth-order valence-corrected chi connectivity index (χ4v) is 2.73. The lowest BCUT2D eigenvalue weighted by Crippen LogP contribution is -2.24. The largest absolute Gasteiger partial charge is 0.382 e. The first-order valence-corrected chi connectivity index (χ1v) is 6.71. The van der Waals surface area contributed by atoms with Crippen LogP contribution in [0.2, 0.25) is 0 Å². The van der Waals surface area contributed by atoms with E-state index >= 15 is 0 Å². The number of hydrogen-bond donors (Lipinski definition) is 2. The Kier molecular flexibility index (Phi) is 3.90. The molecule has 0 aromatic heterocycles. The van der Waals surface area contributed by atoms with Crippen LogP contribution in [0.25, 0.3) is 0 Å². The molecule has 98 valence electrons. The molecule has 2 unspecified atom stereocenters. The van der Waals surface area contributed by atoms with E-state index in [-0.39, 0.29) is 5.91 Å². The normalized spacial score (nSPS) is 22.8. The molecule has 1 fully saturated rings. The molecule has 1 aliphatic carbocycles. The minimum Gasteiger partial charge on any atom is -0.382 e. The molecule has 2 N–H and O–H groups in total. The van der Waals surface area contributed by atoms with Crippen LogP contribution in [0.4, 0.5) is 5.69 Å². The number of hydrogen-bond acceptors (Lipinski definition) is 2. The number of benzene rings is 1. The Balaban J connectivity index is 2.20. The van der Waals surface area contributed by atoms with Crippen LogP contribution >= 0.6 is 0 Å². The van der Waals surface area contributed by atoms with Gasteiger partial charge in [0.15, 0.2) is 0 Å². The molecule has 3 nitrogen and oxygen atoms in total. The van der Waals surface area contributed by atoms with Gasteiger partial charge >= 0.3 is 0 Å². The third-order valence-electron chi connectivity index (χ3n) is 4.01. The highest BCUT2D eigenvalue weighted by atomic mass is 16.1. The van der Waals surface area contributed by atoms with Crippen LogP contribution in [0, 0.1) is 12.8 Å². The van der Waals surface area contributed by atoms with E-state index in [9.17, 15) is 4.79 Å². The third-order valence-corrected chi connectivity index (χ3v) is 4.01. The summed E-state index contributed by atoms with van der Waals surface area (Å²) in [5.41, 5.74) is 2.89. The molecular formula is C15H22N2O. The molecule has 0 radical (unpaired) electrons. The second-order valence-corrected chi connectivity index (χ2v) is 5.22. The smallest absolute Gasteiger partial charge is 0.251 e. The van der Waals surface area contributed by atoms with Crippen LogP contribution < -0.4 is 10.6 Å². The first-order chi connectivity index (χ1) is 8.63. The molecule has 1 saturated carbocycles. The lowest BCUT2D eigenvalue weighted by molar-refractivity contribution is 0.0962. The van der Waals surface area contributed by atoms with Gasteiger partial charge in [-0.25, -0.2) is 0 Å². The van der Waals surface area contributed by atoms with Crippen molar-refractivity contribution in [3.8, 4) is 0 Å². The second-order valence-electron chi connectivity index (χ2n) is 5.22. The van der Waals surface area contributed by atoms with Crippen molar-refractivity contribution in [3.63, 3.8) is 0 Å². The maximum atomic E-state index is 11.7. The molecule has 0 bridgehead atoms. The fourth-order valence-electron chi connectivity index (χ4n) is 2.73. The van der Waals surface area contributed by atoms with Crippen molar-refractivity contribution >= 4 is 11.6 Å². The molecule has 0 heterocycles. The quantitative estimate of drug-likeness (QED) is 0.861. The van der Waals surface area contributed by atoms with Crippen LogP contribution in [-0.4, -0.2) is 19.0 Å². The van der Waals surface area contributed by atoms with Gasteiger partial charge in [0.05, 0.1) is 0 Å². The zero-order chi connectivity index (χ0) is 13.1. The van der Waals surface area contributed by atoms with Gasteiger partial charge in [0.25, 0.3) is 5.91 Å². The van der Waals surface area contributed by atoms with Crippen LogP contribution in [0.15, 0.2) is 18.2 Å². The van der Waals surface area contributed by atoms with Gasteiger partial charge in [0, 0.05) is 24.3 Å². The van der Waals surface area contributed by atoms with Crippen LogP contribution in [0.5, 0.6) is 0 Å². The van der Waals surface area contributed by atoms with Crippen LogP contribution in [-0.2, 0) is 0 Å². The molecule has 1 aliphatic rings. The fraction of sp³-hybridized carbons (Fsp3) is 0.533. The summed E-state index contributed by atoms with van der Waals surface area (Å²) < 4.78 is 0. The topological polar surface area (TPSA) is 41.1 Å². The van der Waals surface area contributed by atoms with Gasteiger partial charge in [-0.3, -0.25) is 4.79 Å². The molecule has 0 saturated heterocycles. The summed E-state index contributed by atoms with van der Waals surface area (Å²) in [4.78, 5) is 11.7. The number of carbonyl (C=O) groups is 1. The zero-order valence-electron chi connectivity index (χ0n) is 11.4. The third kappa shape index (κ3) is 2.50. The van der Waals surface area contributed by atoms with Gasteiger partial charge in [0.2, 0.25) is 0 Å². The van der Waals surface area contributed by atoms with Gasteiger partial charge in [-0.05, 0) is 43.4 Å². The molecule has 0 aliphatic heterocycles. The Morgan fingerprint density at radius 1 is 1.33 bits per heavy atom. The molecule has 0 spiro atoms. The summed E-state index contributed by atoms with van der Waals surface area (Å²) >= 11 is 0. The molecule has 3 heteroatoms. The molecule has 18 heavy (non-hydrogen) atoms. The van der Waals surface area contributed by atoms with Gasteiger partial charge < -0.3 is 10.6 Å². The Morgan fingerprint density at radius 3 is 2.72 bits per heavy atom. The Morgan fingerprint density at radius 2 is 2.11 bits per heavy atom. The molecule has 1 aromatic rings. The summed E-state index contributed by atoms with van der Waals surface area (Å²) in [7, 11) is 1.67. The average Bonchev–Trinajstić information content (AvgIpc) is 2.77. The maximum Gasteiger partial charge on any atom is 0.251 e. The minimum atomic E-state index is -0.0179. The molecule has 1 amide bonds. The van der Waals surface area contributed by atoms with E-state index in [1.807, 2.05) is 19.1 Å². The van der Waals surface area contributed by atoms with E-state index in [1.165, 1.54) is 19.3 Å². The first kappa shape index (κ1) is 12.9. The molecule has 2 atom stereocenters. The van der Waals surface area contributed by atoms with E-state index in [1.54, 1.807) is 7.05 Å². The monoisotopic (exact) mass is 246 g/mol. The van der Waals surface area contributed by atoms with E-state index < -0.39 is 0 Å². The van der Waals surface area contributed by atoms with Gasteiger partial charge in [0.1, 0.15) is 0 Å². The van der Waals surface area contributed by atoms with Crippen molar-refractivity contribution in [2.45, 2.75) is 39.2 Å². The number of rotatable bonds is 3. The zero-order valence-corrected chi connectivity index (χ0v) is 11.4. The van der Waals surface area contributed by atoms with Gasteiger partial charge in [-0.15, -0.1) is 0 Å². The highest BCUT2D eigenvalue weighted by Crippen LogP contribution is 2.29. The van der Waals surface area contributed by atoms with E-state index in [0.29, 0.717) is 12.0 Å². The lowest BCUT2D eigenvalue weighted by atomic mass is 10.0. The lowest BCUT2D eigenvalue weighted by Gasteiger charge is -2.21. The number of carbonyl (C=O) groups excluding carboxylic acids is 1. The van der Waals surface area contributed by atoms with Crippen molar-refractivity contribution in [2.75, 3.05) is 12.4 Å². The van der Waals surface area contributed by atoms with Crippen molar-refractivity contribution in [1.29, 1.82) is 0 Å². The maximum absolute atomic E-state index is 11.7. The predicted octanol–water partition coefficient (Wildman–Crippen LogP) is 2.96. The summed E-state index contributed by atoms with van der Waals surface area (Å²) in [6.07, 6.45) is 3.82. The van der Waals surface area contributed by atoms with Gasteiger partial charge in [-0.2, -0.15) is 0 Å². The first-order valence-electron chi connectivity index (χ1n) is 6.71. The van der Waals surface area contributed by atoms with E-state index in [2.05, 4.69) is 23.6 Å². The number of nitrogens with one attached hydrogen (secondary N) is 2. The SMILES string of the molecule is CNC(=O)c1cccc(NC2CCCC2C)c1C. The Labute approximate surface area is 109 Å². The Hall–Kier alpha value is -1.51. The minimum absolute atomic E-state index is 0.0179. The Bertz CT molecular complexity index is 442. The van der Waals surface area contributed by atoms with E-state index in [4.69, 9.17) is 0 Å². The summed E-state index contributed by atoms with van der Waals surface area (Å²) in [6.45, 7) is 4.30. The van der Waals surface area contributed by atoms with Crippen molar-refractivity contribution in [3.05, 3.63) is 29.3 Å². The van der Waals surface area contributed by atoms with Crippen molar-refractivity contribution < 1.29 is 4.79 Å². The predicted molar refractivity (Wildman–Crippen MR) is 75.0 cm³/mol. The molecular weight excluding hydrogens is 224 g/mol. The van der Waals surface area contributed by atoms with Gasteiger partial charge in [-0.1, -0.05) is 19.4 Å². The average molecular weight is 246 g/mol. The van der Waals surface area contributed by atoms with Crippen LogP contribution in [0.3, 0.4) is 0 Å². The highest BCUT2D eigenvalue weighted by Gasteiger charge is 2.23. The second kappa shape index (κ2) is 5.42. The summed E-state index contributed by atoms with van der Waals surface area (Å²) in [5, 5.41) is 6.28. The standard InChI is InChI=1S/C15H22N2O/c1-10-6-4-8-13(10)17-14-9-5-7-12(11(14)2)15(18)16-3/h5,7,9-10,13,17H,4,6,8H2,1-3H3,(H,16,18). The highest BCUT2D eigenvalue weighted by molar-refractivity contribution is 5.96.